The molecule has 0 aliphatic heterocycles. The van der Waals surface area contributed by atoms with Gasteiger partial charge in [-0.3, -0.25) is 10.1 Å². The average Bonchev–Trinajstić information content (AvgIpc) is 2.26. The molecule has 1 heterocycles. The van der Waals surface area contributed by atoms with Crippen molar-refractivity contribution in [1.29, 1.82) is 0 Å². The number of hydrogen-bond donors (Lipinski definition) is 0. The van der Waals surface area contributed by atoms with E-state index in [-0.39, 0.29) is 18.2 Å². The van der Waals surface area contributed by atoms with Gasteiger partial charge in [0.15, 0.2) is 0 Å². The first-order valence-electron chi connectivity index (χ1n) is 4.65. The van der Waals surface area contributed by atoms with E-state index in [4.69, 9.17) is 9.47 Å². The predicted molar refractivity (Wildman–Crippen MR) is 60.6 cm³/mol. The van der Waals surface area contributed by atoms with Gasteiger partial charge in [0.1, 0.15) is 6.61 Å². The molecule has 6 nitrogen and oxygen atoms in total. The van der Waals surface area contributed by atoms with Crippen molar-refractivity contribution in [3.8, 4) is 5.88 Å². The van der Waals surface area contributed by atoms with Crippen molar-refractivity contribution >= 4 is 21.6 Å². The summed E-state index contributed by atoms with van der Waals surface area (Å²) in [5, 5.41) is 10.7. The van der Waals surface area contributed by atoms with E-state index in [9.17, 15) is 10.1 Å². The Kier molecular flexibility index (Phi) is 5.13. The van der Waals surface area contributed by atoms with Gasteiger partial charge in [-0.1, -0.05) is 0 Å². The standard InChI is InChI=1S/C9H11BrN2O4/c1-2-15-3-4-16-9-8(12(13)14)5-7(10)6-11-9/h5-6H,2-4H2,1H3. The van der Waals surface area contributed by atoms with Gasteiger partial charge in [0.2, 0.25) is 0 Å². The van der Waals surface area contributed by atoms with Crippen LogP contribution in [-0.2, 0) is 4.74 Å². The van der Waals surface area contributed by atoms with Crippen LogP contribution in [0.2, 0.25) is 0 Å². The summed E-state index contributed by atoms with van der Waals surface area (Å²) in [5.74, 6) is 0.00732. The van der Waals surface area contributed by atoms with Crippen LogP contribution in [0.5, 0.6) is 5.88 Å². The molecular formula is C9H11BrN2O4. The maximum Gasteiger partial charge on any atom is 0.332 e. The SMILES string of the molecule is CCOCCOc1ncc(Br)cc1[N+](=O)[O-]. The largest absolute Gasteiger partial charge is 0.470 e. The number of hydrogen-bond acceptors (Lipinski definition) is 5. The molecule has 0 amide bonds. The fourth-order valence-corrected chi connectivity index (χ4v) is 1.32. The van der Waals surface area contributed by atoms with Crippen molar-refractivity contribution in [2.75, 3.05) is 19.8 Å². The van der Waals surface area contributed by atoms with Crippen LogP contribution in [0.4, 0.5) is 5.69 Å². The van der Waals surface area contributed by atoms with Crippen molar-refractivity contribution in [2.24, 2.45) is 0 Å². The van der Waals surface area contributed by atoms with Crippen LogP contribution < -0.4 is 4.74 Å². The van der Waals surface area contributed by atoms with Crippen LogP contribution in [0, 0.1) is 10.1 Å². The number of halogens is 1. The van der Waals surface area contributed by atoms with Gasteiger partial charge in [0.25, 0.3) is 5.88 Å². The molecule has 16 heavy (non-hydrogen) atoms. The van der Waals surface area contributed by atoms with E-state index in [0.717, 1.165) is 0 Å². The third kappa shape index (κ3) is 3.74. The Morgan fingerprint density at radius 3 is 2.94 bits per heavy atom. The molecule has 7 heteroatoms. The first kappa shape index (κ1) is 12.9. The number of pyridine rings is 1. The van der Waals surface area contributed by atoms with Crippen LogP contribution >= 0.6 is 15.9 Å². The average molecular weight is 291 g/mol. The summed E-state index contributed by atoms with van der Waals surface area (Å²) >= 11 is 3.11. The maximum absolute atomic E-state index is 10.7. The zero-order valence-corrected chi connectivity index (χ0v) is 10.3. The Morgan fingerprint density at radius 2 is 2.31 bits per heavy atom. The van der Waals surface area contributed by atoms with Gasteiger partial charge in [-0.2, -0.15) is 0 Å². The molecular weight excluding hydrogens is 280 g/mol. The lowest BCUT2D eigenvalue weighted by Crippen LogP contribution is -2.08. The molecule has 88 valence electrons. The highest BCUT2D eigenvalue weighted by Gasteiger charge is 2.17. The lowest BCUT2D eigenvalue weighted by molar-refractivity contribution is -0.386. The van der Waals surface area contributed by atoms with Crippen molar-refractivity contribution in [3.05, 3.63) is 26.9 Å². The summed E-state index contributed by atoms with van der Waals surface area (Å²) in [5.41, 5.74) is -0.161. The molecule has 0 spiro atoms. The summed E-state index contributed by atoms with van der Waals surface area (Å²) in [7, 11) is 0. The van der Waals surface area contributed by atoms with Crippen molar-refractivity contribution < 1.29 is 14.4 Å². The Balaban J connectivity index is 2.67. The summed E-state index contributed by atoms with van der Waals surface area (Å²) in [6, 6.07) is 1.35. The quantitative estimate of drug-likeness (QED) is 0.456. The molecule has 0 saturated carbocycles. The highest BCUT2D eigenvalue weighted by atomic mass is 79.9. The topological polar surface area (TPSA) is 74.5 Å². The molecule has 0 N–H and O–H groups in total. The van der Waals surface area contributed by atoms with E-state index in [2.05, 4.69) is 20.9 Å². The molecule has 1 aromatic heterocycles. The highest BCUT2D eigenvalue weighted by Crippen LogP contribution is 2.26. The van der Waals surface area contributed by atoms with Gasteiger partial charge >= 0.3 is 5.69 Å². The van der Waals surface area contributed by atoms with Crippen LogP contribution in [-0.4, -0.2) is 29.7 Å². The Labute approximate surface area is 101 Å². The normalized spacial score (nSPS) is 10.1. The van der Waals surface area contributed by atoms with Gasteiger partial charge in [-0.25, -0.2) is 4.98 Å². The molecule has 0 aromatic carbocycles. The summed E-state index contributed by atoms with van der Waals surface area (Å²) in [6.45, 7) is 3.06. The van der Waals surface area contributed by atoms with Crippen molar-refractivity contribution in [3.63, 3.8) is 0 Å². The zero-order chi connectivity index (χ0) is 12.0. The summed E-state index contributed by atoms with van der Waals surface area (Å²) in [4.78, 5) is 14.0. The highest BCUT2D eigenvalue weighted by molar-refractivity contribution is 9.10. The molecule has 0 atom stereocenters. The van der Waals surface area contributed by atoms with Gasteiger partial charge < -0.3 is 9.47 Å². The fourth-order valence-electron chi connectivity index (χ4n) is 1.000. The molecule has 0 saturated heterocycles. The second kappa shape index (κ2) is 6.39. The zero-order valence-electron chi connectivity index (χ0n) is 8.68. The number of nitrogens with zero attached hydrogens (tertiary/aromatic N) is 2. The van der Waals surface area contributed by atoms with Gasteiger partial charge in [0, 0.05) is 23.3 Å². The predicted octanol–water partition coefficient (Wildman–Crippen LogP) is 2.17. The Morgan fingerprint density at radius 1 is 1.56 bits per heavy atom. The van der Waals surface area contributed by atoms with Gasteiger partial charge in [-0.05, 0) is 22.9 Å². The first-order valence-corrected chi connectivity index (χ1v) is 5.45. The van der Waals surface area contributed by atoms with E-state index in [0.29, 0.717) is 17.7 Å². The van der Waals surface area contributed by atoms with E-state index in [1.807, 2.05) is 6.92 Å². The minimum atomic E-state index is -0.534. The molecule has 0 bridgehead atoms. The maximum atomic E-state index is 10.7. The fraction of sp³-hybridized carbons (Fsp3) is 0.444. The smallest absolute Gasteiger partial charge is 0.332 e. The lowest BCUT2D eigenvalue weighted by atomic mass is 10.4. The van der Waals surface area contributed by atoms with E-state index in [1.165, 1.54) is 12.3 Å². The molecule has 0 fully saturated rings. The molecule has 1 rings (SSSR count). The number of aromatic nitrogens is 1. The van der Waals surface area contributed by atoms with Gasteiger partial charge in [0.05, 0.1) is 11.5 Å². The minimum Gasteiger partial charge on any atom is -0.470 e. The second-order valence-electron chi connectivity index (χ2n) is 2.78. The van der Waals surface area contributed by atoms with Crippen LogP contribution in [0.1, 0.15) is 6.92 Å². The molecule has 1 aromatic rings. The second-order valence-corrected chi connectivity index (χ2v) is 3.70. The minimum absolute atomic E-state index is 0.00732. The third-order valence-electron chi connectivity index (χ3n) is 1.67. The van der Waals surface area contributed by atoms with Crippen molar-refractivity contribution in [2.45, 2.75) is 6.92 Å². The summed E-state index contributed by atoms with van der Waals surface area (Å²) < 4.78 is 10.7. The van der Waals surface area contributed by atoms with E-state index in [1.54, 1.807) is 0 Å². The Hall–Kier alpha value is -1.21. The van der Waals surface area contributed by atoms with Crippen LogP contribution in [0.25, 0.3) is 0 Å². The summed E-state index contributed by atoms with van der Waals surface area (Å²) in [6.07, 6.45) is 1.45. The molecule has 0 aliphatic rings. The third-order valence-corrected chi connectivity index (χ3v) is 2.10. The van der Waals surface area contributed by atoms with E-state index < -0.39 is 4.92 Å². The Bertz CT molecular complexity index is 373. The molecule has 0 unspecified atom stereocenters. The number of rotatable bonds is 6. The van der Waals surface area contributed by atoms with Crippen molar-refractivity contribution in [1.82, 2.24) is 4.98 Å². The lowest BCUT2D eigenvalue weighted by Gasteiger charge is -2.05. The number of ether oxygens (including phenoxy) is 2. The monoisotopic (exact) mass is 290 g/mol. The molecule has 0 radical (unpaired) electrons. The first-order chi connectivity index (χ1) is 7.65. The molecule has 0 aliphatic carbocycles. The van der Waals surface area contributed by atoms with Gasteiger partial charge in [-0.15, -0.1) is 0 Å². The van der Waals surface area contributed by atoms with Crippen LogP contribution in [0.3, 0.4) is 0 Å². The number of nitro groups is 1. The van der Waals surface area contributed by atoms with Crippen LogP contribution in [0.15, 0.2) is 16.7 Å². The van der Waals surface area contributed by atoms with E-state index >= 15 is 0 Å².